The normalized spacial score (nSPS) is 15.7. The zero-order valence-electron chi connectivity index (χ0n) is 26.4. The summed E-state index contributed by atoms with van der Waals surface area (Å²) < 4.78 is 15.5. The first-order valence-corrected chi connectivity index (χ1v) is 15.1. The van der Waals surface area contributed by atoms with E-state index in [1.807, 2.05) is 60.7 Å². The second kappa shape index (κ2) is 17.0. The number of hydrogen-bond donors (Lipinski definition) is 3. The summed E-state index contributed by atoms with van der Waals surface area (Å²) in [4.78, 5) is 66.1. The molecule has 12 heteroatoms. The number of hydrogen-bond acceptors (Lipinski definition) is 8. The fraction of sp³-hybridized carbons (Fsp3) is 0.485. The number of esters is 1. The summed E-state index contributed by atoms with van der Waals surface area (Å²) in [5.41, 5.74) is 0.849. The molecule has 12 nitrogen and oxygen atoms in total. The largest absolute Gasteiger partial charge is 0.467 e. The first kappa shape index (κ1) is 34.9. The van der Waals surface area contributed by atoms with Crippen LogP contribution < -0.4 is 16.0 Å². The molecule has 3 N–H and O–H groups in total. The Morgan fingerprint density at radius 3 is 2.16 bits per heavy atom. The molecular weight excluding hydrogens is 580 g/mol. The van der Waals surface area contributed by atoms with Crippen molar-refractivity contribution >= 4 is 30.0 Å². The maximum atomic E-state index is 13.8. The van der Waals surface area contributed by atoms with Gasteiger partial charge in [-0.1, -0.05) is 60.7 Å². The van der Waals surface area contributed by atoms with Crippen molar-refractivity contribution in [3.8, 4) is 0 Å². The molecule has 0 unspecified atom stereocenters. The second-order valence-electron chi connectivity index (χ2n) is 11.8. The Morgan fingerprint density at radius 2 is 1.53 bits per heavy atom. The number of ether oxygens (including phenoxy) is 3. The summed E-state index contributed by atoms with van der Waals surface area (Å²) in [6.45, 7) is 5.77. The molecule has 45 heavy (non-hydrogen) atoms. The summed E-state index contributed by atoms with van der Waals surface area (Å²) in [6, 6.07) is 15.5. The molecule has 0 spiro atoms. The highest BCUT2D eigenvalue weighted by atomic mass is 16.6. The predicted octanol–water partition coefficient (Wildman–Crippen LogP) is 3.48. The third kappa shape index (κ3) is 11.8. The van der Waals surface area contributed by atoms with Crippen molar-refractivity contribution in [2.24, 2.45) is 0 Å². The quantitative estimate of drug-likeness (QED) is 0.174. The first-order chi connectivity index (χ1) is 21.5. The number of benzene rings is 2. The standard InChI is InChI=1S/C33H44N4O8/c1-33(2,3)45-32(42)36-26(21-23-13-7-5-8-14-23)28(38)35-25(29(39)37-20-12-18-27(37)30(40)43-4)17-11-19-34-31(41)44-22-24-15-9-6-10-16-24/h5-10,13-16,25-27H,11-12,17-22H2,1-4H3,(H,34,41)(H,35,38)(H,36,42)/t25-,26-,27+/m0/s1. The molecular formula is C33H44N4O8. The molecule has 0 bridgehead atoms. The van der Waals surface area contributed by atoms with Gasteiger partial charge in [-0.3, -0.25) is 9.59 Å². The summed E-state index contributed by atoms with van der Waals surface area (Å²) in [6.07, 6.45) is 0.291. The first-order valence-electron chi connectivity index (χ1n) is 15.1. The smallest absolute Gasteiger partial charge is 0.408 e. The van der Waals surface area contributed by atoms with Crippen molar-refractivity contribution in [2.75, 3.05) is 20.2 Å². The maximum Gasteiger partial charge on any atom is 0.408 e. The zero-order chi connectivity index (χ0) is 32.8. The molecule has 0 radical (unpaired) electrons. The molecule has 4 amide bonds. The van der Waals surface area contributed by atoms with Gasteiger partial charge in [0.1, 0.15) is 30.3 Å². The predicted molar refractivity (Wildman–Crippen MR) is 166 cm³/mol. The van der Waals surface area contributed by atoms with Crippen LogP contribution in [0, 0.1) is 0 Å². The van der Waals surface area contributed by atoms with Crippen molar-refractivity contribution in [1.29, 1.82) is 0 Å². The van der Waals surface area contributed by atoms with Crippen LogP contribution in [0.3, 0.4) is 0 Å². The van der Waals surface area contributed by atoms with Crippen LogP contribution in [0.4, 0.5) is 9.59 Å². The van der Waals surface area contributed by atoms with E-state index in [1.54, 1.807) is 20.8 Å². The van der Waals surface area contributed by atoms with Gasteiger partial charge in [-0.05, 0) is 57.6 Å². The van der Waals surface area contributed by atoms with E-state index in [4.69, 9.17) is 14.2 Å². The van der Waals surface area contributed by atoms with Crippen LogP contribution >= 0.6 is 0 Å². The number of alkyl carbamates (subject to hydrolysis) is 2. The fourth-order valence-corrected chi connectivity index (χ4v) is 4.92. The lowest BCUT2D eigenvalue weighted by atomic mass is 10.0. The third-order valence-electron chi connectivity index (χ3n) is 7.07. The molecule has 1 aliphatic heterocycles. The Bertz CT molecular complexity index is 1280. The van der Waals surface area contributed by atoms with Gasteiger partial charge in [-0.15, -0.1) is 0 Å². The average molecular weight is 625 g/mol. The number of nitrogens with zero attached hydrogens (tertiary/aromatic N) is 1. The highest BCUT2D eigenvalue weighted by Crippen LogP contribution is 2.21. The molecule has 1 heterocycles. The van der Waals surface area contributed by atoms with Gasteiger partial charge in [0.05, 0.1) is 7.11 Å². The number of likely N-dealkylation sites (tertiary alicyclic amines) is 1. The zero-order valence-corrected chi connectivity index (χ0v) is 26.4. The molecule has 1 saturated heterocycles. The lowest BCUT2D eigenvalue weighted by molar-refractivity contribution is -0.152. The van der Waals surface area contributed by atoms with Crippen LogP contribution in [0.5, 0.6) is 0 Å². The van der Waals surface area contributed by atoms with E-state index in [9.17, 15) is 24.0 Å². The van der Waals surface area contributed by atoms with Gasteiger partial charge in [0.15, 0.2) is 0 Å². The van der Waals surface area contributed by atoms with Gasteiger partial charge < -0.3 is 35.1 Å². The highest BCUT2D eigenvalue weighted by Gasteiger charge is 2.39. The van der Waals surface area contributed by atoms with Gasteiger partial charge >= 0.3 is 18.2 Å². The Labute approximate surface area is 264 Å². The molecule has 1 aliphatic rings. The van der Waals surface area contributed by atoms with Crippen LogP contribution in [0.15, 0.2) is 60.7 Å². The molecule has 1 fully saturated rings. The summed E-state index contributed by atoms with van der Waals surface area (Å²) in [5.74, 6) is -1.56. The van der Waals surface area contributed by atoms with E-state index < -0.39 is 53.7 Å². The topological polar surface area (TPSA) is 152 Å². The van der Waals surface area contributed by atoms with Crippen molar-refractivity contribution < 1.29 is 38.2 Å². The molecule has 2 aromatic rings. The lowest BCUT2D eigenvalue weighted by Gasteiger charge is -2.29. The molecule has 244 valence electrons. The highest BCUT2D eigenvalue weighted by molar-refractivity contribution is 5.93. The van der Waals surface area contributed by atoms with Gasteiger partial charge in [0, 0.05) is 19.5 Å². The van der Waals surface area contributed by atoms with Crippen LogP contribution in [0.2, 0.25) is 0 Å². The number of methoxy groups -OCH3 is 1. The number of carbonyl (C=O) groups excluding carboxylic acids is 5. The minimum atomic E-state index is -1.06. The van der Waals surface area contributed by atoms with Crippen molar-refractivity contribution in [1.82, 2.24) is 20.9 Å². The Morgan fingerprint density at radius 1 is 0.889 bits per heavy atom. The Kier molecular flexibility index (Phi) is 13.2. The minimum absolute atomic E-state index is 0.112. The Hall–Kier alpha value is -4.61. The van der Waals surface area contributed by atoms with Gasteiger partial charge in [-0.25, -0.2) is 14.4 Å². The van der Waals surface area contributed by atoms with E-state index in [0.717, 1.165) is 11.1 Å². The summed E-state index contributed by atoms with van der Waals surface area (Å²) >= 11 is 0. The third-order valence-corrected chi connectivity index (χ3v) is 7.07. The molecule has 3 rings (SSSR count). The second-order valence-corrected chi connectivity index (χ2v) is 11.8. The number of rotatable bonds is 13. The van der Waals surface area contributed by atoms with E-state index in [1.165, 1.54) is 12.0 Å². The number of nitrogens with one attached hydrogen (secondary N) is 3. The van der Waals surface area contributed by atoms with Gasteiger partial charge in [-0.2, -0.15) is 0 Å². The number of carbonyl (C=O) groups is 5. The SMILES string of the molecule is COC(=O)[C@H]1CCCN1C(=O)[C@H](CCCNC(=O)OCc1ccccc1)NC(=O)[C@H](Cc1ccccc1)NC(=O)OC(C)(C)C. The monoisotopic (exact) mass is 624 g/mol. The molecule has 3 atom stereocenters. The number of amides is 4. The van der Waals surface area contributed by atoms with Gasteiger partial charge in [0.25, 0.3) is 0 Å². The Balaban J connectivity index is 1.70. The van der Waals surface area contributed by atoms with E-state index >= 15 is 0 Å². The van der Waals surface area contributed by atoms with Crippen LogP contribution in [-0.4, -0.2) is 78.8 Å². The van der Waals surface area contributed by atoms with Crippen LogP contribution in [0.1, 0.15) is 57.6 Å². The van der Waals surface area contributed by atoms with E-state index in [0.29, 0.717) is 25.8 Å². The van der Waals surface area contributed by atoms with Crippen molar-refractivity contribution in [3.63, 3.8) is 0 Å². The molecule has 0 saturated carbocycles. The minimum Gasteiger partial charge on any atom is -0.467 e. The molecule has 0 aliphatic carbocycles. The van der Waals surface area contributed by atoms with E-state index in [-0.39, 0.29) is 26.0 Å². The van der Waals surface area contributed by atoms with Gasteiger partial charge in [0.2, 0.25) is 11.8 Å². The molecule has 0 aromatic heterocycles. The fourth-order valence-electron chi connectivity index (χ4n) is 4.92. The van der Waals surface area contributed by atoms with Crippen LogP contribution in [-0.2, 0) is 41.6 Å². The molecule has 2 aromatic carbocycles. The van der Waals surface area contributed by atoms with Crippen LogP contribution in [0.25, 0.3) is 0 Å². The lowest BCUT2D eigenvalue weighted by Crippen LogP contribution is -2.56. The van der Waals surface area contributed by atoms with Crippen molar-refractivity contribution in [2.45, 2.75) is 83.2 Å². The average Bonchev–Trinajstić information content (AvgIpc) is 3.50. The van der Waals surface area contributed by atoms with E-state index in [2.05, 4.69) is 16.0 Å². The van der Waals surface area contributed by atoms with Crippen molar-refractivity contribution in [3.05, 3.63) is 71.8 Å². The maximum absolute atomic E-state index is 13.8. The summed E-state index contributed by atoms with van der Waals surface area (Å²) in [5, 5.41) is 8.10. The summed E-state index contributed by atoms with van der Waals surface area (Å²) in [7, 11) is 1.27.